The second kappa shape index (κ2) is 50.4. The summed E-state index contributed by atoms with van der Waals surface area (Å²) < 4.78 is 23.4. The van der Waals surface area contributed by atoms with Gasteiger partial charge in [-0.25, -0.2) is 0 Å². The van der Waals surface area contributed by atoms with Gasteiger partial charge in [-0.1, -0.05) is 296 Å². The Kier molecular flexibility index (Phi) is 50.1. The zero-order valence-electron chi connectivity index (χ0n) is 45.9. The Hall–Kier alpha value is -0.500. The maximum Gasteiger partial charge on any atom is 0.268 e. The van der Waals surface area contributed by atoms with Gasteiger partial charge in [-0.2, -0.15) is 0 Å². The van der Waals surface area contributed by atoms with E-state index in [-0.39, 0.29) is 19.1 Å². The zero-order chi connectivity index (χ0) is 49.2. The second-order valence-electron chi connectivity index (χ2n) is 22.1. The molecule has 0 aromatic heterocycles. The van der Waals surface area contributed by atoms with Crippen molar-refractivity contribution in [3.8, 4) is 0 Å². The molecule has 402 valence electrons. The SMILES string of the molecule is CCCCCCCCCCCCCCCCCCCCCCCCCCCCCCCCCCCC(=O)NC(COP(=O)([O-])OCC[N+](C)(C)C)C(O)CCCCCCCCCCCCCC. The third-order valence-electron chi connectivity index (χ3n) is 14.1. The molecule has 0 aliphatic carbocycles. The van der Waals surface area contributed by atoms with Crippen LogP contribution in [-0.2, 0) is 18.4 Å². The van der Waals surface area contributed by atoms with Gasteiger partial charge in [-0.3, -0.25) is 9.36 Å². The summed E-state index contributed by atoms with van der Waals surface area (Å²) in [7, 11) is 1.32. The Labute approximate surface area is 419 Å². The Bertz CT molecular complexity index is 1060. The van der Waals surface area contributed by atoms with E-state index >= 15 is 0 Å². The van der Waals surface area contributed by atoms with Gasteiger partial charge in [0.2, 0.25) is 5.91 Å². The molecule has 3 atom stereocenters. The lowest BCUT2D eigenvalue weighted by atomic mass is 10.0. The number of phosphoric ester groups is 1. The number of aliphatic hydroxyl groups is 1. The maximum atomic E-state index is 13.0. The minimum absolute atomic E-state index is 0.0163. The second-order valence-corrected chi connectivity index (χ2v) is 23.5. The van der Waals surface area contributed by atoms with Crippen molar-refractivity contribution in [3.05, 3.63) is 0 Å². The third kappa shape index (κ3) is 53.1. The number of quaternary nitrogens is 1. The average molecular weight is 972 g/mol. The maximum absolute atomic E-state index is 13.0. The van der Waals surface area contributed by atoms with Crippen molar-refractivity contribution in [1.82, 2.24) is 5.32 Å². The number of unbranched alkanes of at least 4 members (excludes halogenated alkanes) is 43. The van der Waals surface area contributed by atoms with Gasteiger partial charge in [-0.05, 0) is 12.8 Å². The lowest BCUT2D eigenvalue weighted by Gasteiger charge is -2.30. The molecule has 0 heterocycles. The summed E-state index contributed by atoms with van der Waals surface area (Å²) in [5, 5.41) is 14.0. The summed E-state index contributed by atoms with van der Waals surface area (Å²) in [5.74, 6) is -0.158. The smallest absolute Gasteiger partial charge is 0.268 e. The first-order valence-electron chi connectivity index (χ1n) is 29.9. The van der Waals surface area contributed by atoms with Crippen LogP contribution in [0.2, 0.25) is 0 Å². The van der Waals surface area contributed by atoms with Gasteiger partial charge < -0.3 is 28.8 Å². The van der Waals surface area contributed by atoms with Gasteiger partial charge in [0.15, 0.2) is 0 Å². The number of hydrogen-bond donors (Lipinski definition) is 2. The van der Waals surface area contributed by atoms with Crippen LogP contribution in [0.4, 0.5) is 0 Å². The van der Waals surface area contributed by atoms with Crippen molar-refractivity contribution in [2.24, 2.45) is 0 Å². The zero-order valence-corrected chi connectivity index (χ0v) is 46.8. The van der Waals surface area contributed by atoms with Crippen molar-refractivity contribution in [2.45, 2.75) is 328 Å². The monoisotopic (exact) mass is 971 g/mol. The molecular formula is C58H119N2O6P. The molecule has 67 heavy (non-hydrogen) atoms. The van der Waals surface area contributed by atoms with Crippen LogP contribution in [0.1, 0.15) is 316 Å². The molecule has 0 aliphatic heterocycles. The molecule has 8 nitrogen and oxygen atoms in total. The number of phosphoric acid groups is 1. The van der Waals surface area contributed by atoms with Gasteiger partial charge in [0.25, 0.3) is 7.82 Å². The molecule has 2 N–H and O–H groups in total. The molecule has 0 aromatic carbocycles. The summed E-state index contributed by atoms with van der Waals surface area (Å²) in [6.07, 6.45) is 60.2. The highest BCUT2D eigenvalue weighted by Gasteiger charge is 2.24. The molecule has 0 radical (unpaired) electrons. The summed E-state index contributed by atoms with van der Waals surface area (Å²) in [6.45, 7) is 4.76. The van der Waals surface area contributed by atoms with E-state index in [9.17, 15) is 19.4 Å². The minimum atomic E-state index is -4.56. The van der Waals surface area contributed by atoms with E-state index < -0.39 is 20.0 Å². The average Bonchev–Trinajstić information content (AvgIpc) is 3.29. The normalized spacial score (nSPS) is 13.8. The van der Waals surface area contributed by atoms with Crippen molar-refractivity contribution >= 4 is 13.7 Å². The van der Waals surface area contributed by atoms with E-state index in [1.807, 2.05) is 21.1 Å². The number of rotatable bonds is 56. The summed E-state index contributed by atoms with van der Waals surface area (Å²) in [5.41, 5.74) is 0. The number of aliphatic hydroxyl groups excluding tert-OH is 1. The lowest BCUT2D eigenvalue weighted by molar-refractivity contribution is -0.870. The predicted octanol–water partition coefficient (Wildman–Crippen LogP) is 17.4. The van der Waals surface area contributed by atoms with Gasteiger partial charge in [0, 0.05) is 6.42 Å². The summed E-state index contributed by atoms with van der Waals surface area (Å²) >= 11 is 0. The topological polar surface area (TPSA) is 108 Å². The Morgan fingerprint density at radius 3 is 1.01 bits per heavy atom. The van der Waals surface area contributed by atoms with Crippen LogP contribution < -0.4 is 10.2 Å². The summed E-state index contributed by atoms with van der Waals surface area (Å²) in [4.78, 5) is 25.5. The van der Waals surface area contributed by atoms with Crippen LogP contribution in [-0.4, -0.2) is 68.5 Å². The molecule has 0 bridgehead atoms. The Morgan fingerprint density at radius 1 is 0.463 bits per heavy atom. The Morgan fingerprint density at radius 2 is 0.731 bits per heavy atom. The highest BCUT2D eigenvalue weighted by molar-refractivity contribution is 7.45. The number of carbonyl (C=O) groups is 1. The molecule has 3 unspecified atom stereocenters. The van der Waals surface area contributed by atoms with Crippen LogP contribution in [0.25, 0.3) is 0 Å². The number of likely N-dealkylation sites (N-methyl/N-ethyl adjacent to an activating group) is 1. The fraction of sp³-hybridized carbons (Fsp3) is 0.983. The van der Waals surface area contributed by atoms with Gasteiger partial charge >= 0.3 is 0 Å². The molecule has 0 rings (SSSR count). The first-order chi connectivity index (χ1) is 32.5. The van der Waals surface area contributed by atoms with Crippen LogP contribution >= 0.6 is 7.82 Å². The molecule has 0 saturated carbocycles. The lowest BCUT2D eigenvalue weighted by Crippen LogP contribution is -2.46. The minimum Gasteiger partial charge on any atom is -0.756 e. The van der Waals surface area contributed by atoms with E-state index in [1.165, 1.54) is 250 Å². The van der Waals surface area contributed by atoms with E-state index in [0.29, 0.717) is 23.9 Å². The fourth-order valence-corrected chi connectivity index (χ4v) is 10.1. The van der Waals surface area contributed by atoms with Crippen molar-refractivity contribution in [3.63, 3.8) is 0 Å². The van der Waals surface area contributed by atoms with Crippen LogP contribution in [0.5, 0.6) is 0 Å². The van der Waals surface area contributed by atoms with Gasteiger partial charge in [0.1, 0.15) is 13.2 Å². The molecule has 1 amide bonds. The number of nitrogens with zero attached hydrogens (tertiary/aromatic N) is 1. The fourth-order valence-electron chi connectivity index (χ4n) is 9.40. The Balaban J connectivity index is 3.89. The number of hydrogen-bond acceptors (Lipinski definition) is 6. The largest absolute Gasteiger partial charge is 0.756 e. The summed E-state index contributed by atoms with van der Waals surface area (Å²) in [6, 6.07) is -0.794. The van der Waals surface area contributed by atoms with E-state index in [2.05, 4.69) is 19.2 Å². The van der Waals surface area contributed by atoms with Crippen molar-refractivity contribution < 1.29 is 32.9 Å². The van der Waals surface area contributed by atoms with Crippen LogP contribution in [0, 0.1) is 0 Å². The van der Waals surface area contributed by atoms with Crippen LogP contribution in [0.15, 0.2) is 0 Å². The molecule has 9 heteroatoms. The third-order valence-corrected chi connectivity index (χ3v) is 15.1. The number of amides is 1. The molecule has 0 spiro atoms. The van der Waals surface area contributed by atoms with Gasteiger partial charge in [-0.15, -0.1) is 0 Å². The molecular weight excluding hydrogens is 852 g/mol. The quantitative estimate of drug-likeness (QED) is 0.0357. The van der Waals surface area contributed by atoms with Gasteiger partial charge in [0.05, 0.1) is 39.9 Å². The highest BCUT2D eigenvalue weighted by atomic mass is 31.2. The van der Waals surface area contributed by atoms with E-state index in [0.717, 1.165) is 38.5 Å². The molecule has 0 fully saturated rings. The number of nitrogens with one attached hydrogen (secondary N) is 1. The van der Waals surface area contributed by atoms with E-state index in [4.69, 9.17) is 9.05 Å². The number of carbonyl (C=O) groups excluding carboxylic acids is 1. The first-order valence-corrected chi connectivity index (χ1v) is 31.3. The van der Waals surface area contributed by atoms with E-state index in [1.54, 1.807) is 0 Å². The first kappa shape index (κ1) is 66.5. The van der Waals surface area contributed by atoms with Crippen molar-refractivity contribution in [1.29, 1.82) is 0 Å². The molecule has 0 aliphatic rings. The van der Waals surface area contributed by atoms with Crippen LogP contribution in [0.3, 0.4) is 0 Å². The standard InChI is InChI=1S/C58H119N2O6P/c1-6-8-10-12-14-16-18-20-21-22-23-24-25-26-27-28-29-30-31-32-33-34-35-36-37-38-39-40-42-44-46-48-50-52-58(62)59-56(55-66-67(63,64)65-54-53-60(3,4)5)57(61)51-49-47-45-43-41-19-17-15-13-11-9-7-2/h56-57,61H,6-55H2,1-5H3,(H-,59,62,63,64). The van der Waals surface area contributed by atoms with Crippen molar-refractivity contribution in [2.75, 3.05) is 40.9 Å². The molecule has 0 aromatic rings. The molecule has 0 saturated heterocycles. The highest BCUT2D eigenvalue weighted by Crippen LogP contribution is 2.38. The predicted molar refractivity (Wildman–Crippen MR) is 289 cm³/mol.